The minimum atomic E-state index is 0.0911. The highest BCUT2D eigenvalue weighted by Gasteiger charge is 2.22. The first-order valence-corrected chi connectivity index (χ1v) is 6.20. The molecule has 3 rings (SSSR count). The minimum Gasteiger partial charge on any atom is -0.309 e. The van der Waals surface area contributed by atoms with Crippen molar-refractivity contribution in [2.24, 2.45) is 0 Å². The Bertz CT molecular complexity index is 446. The van der Waals surface area contributed by atoms with Crippen LogP contribution in [-0.4, -0.2) is 16.5 Å². The molecule has 0 amide bonds. The van der Waals surface area contributed by atoms with E-state index in [2.05, 4.69) is 15.3 Å². The van der Waals surface area contributed by atoms with E-state index in [0.29, 0.717) is 0 Å². The topological polar surface area (TPSA) is 57.8 Å². The molecule has 1 unspecified atom stereocenters. The van der Waals surface area contributed by atoms with Gasteiger partial charge >= 0.3 is 0 Å². The van der Waals surface area contributed by atoms with E-state index < -0.39 is 0 Å². The smallest absolute Gasteiger partial charge is 0.254 e. The van der Waals surface area contributed by atoms with Crippen molar-refractivity contribution < 1.29 is 0 Å². The van der Waals surface area contributed by atoms with Crippen molar-refractivity contribution in [3.8, 4) is 0 Å². The third kappa shape index (κ3) is 1.67. The average molecular weight is 219 g/mol. The molecule has 1 aromatic heterocycles. The van der Waals surface area contributed by atoms with Crippen LogP contribution < -0.4 is 10.9 Å². The van der Waals surface area contributed by atoms with E-state index in [1.54, 1.807) is 0 Å². The number of aromatic nitrogens is 2. The fourth-order valence-corrected chi connectivity index (χ4v) is 2.71. The summed E-state index contributed by atoms with van der Waals surface area (Å²) in [6.45, 7) is 1.03. The summed E-state index contributed by atoms with van der Waals surface area (Å²) in [5.41, 5.74) is 2.06. The molecular formula is C12H17N3O. The Morgan fingerprint density at radius 3 is 2.88 bits per heavy atom. The molecule has 1 aromatic rings. The molecule has 1 atom stereocenters. The number of aromatic amines is 1. The van der Waals surface area contributed by atoms with Crippen molar-refractivity contribution in [3.05, 3.63) is 27.4 Å². The highest BCUT2D eigenvalue weighted by molar-refractivity contribution is 5.21. The van der Waals surface area contributed by atoms with Crippen LogP contribution >= 0.6 is 0 Å². The van der Waals surface area contributed by atoms with Crippen LogP contribution in [0.15, 0.2) is 4.79 Å². The van der Waals surface area contributed by atoms with E-state index in [4.69, 9.17) is 0 Å². The molecule has 0 saturated carbocycles. The fourth-order valence-electron chi connectivity index (χ4n) is 2.71. The molecule has 2 aliphatic rings. The van der Waals surface area contributed by atoms with E-state index in [1.807, 2.05) is 0 Å². The highest BCUT2D eigenvalue weighted by Crippen LogP contribution is 2.21. The Morgan fingerprint density at radius 2 is 2.06 bits per heavy atom. The number of hydrogen-bond acceptors (Lipinski definition) is 3. The van der Waals surface area contributed by atoms with Gasteiger partial charge in [-0.3, -0.25) is 4.79 Å². The van der Waals surface area contributed by atoms with Gasteiger partial charge in [0, 0.05) is 5.56 Å². The lowest BCUT2D eigenvalue weighted by molar-refractivity contribution is 0.578. The van der Waals surface area contributed by atoms with Gasteiger partial charge in [-0.25, -0.2) is 4.98 Å². The van der Waals surface area contributed by atoms with Crippen LogP contribution in [0.2, 0.25) is 0 Å². The van der Waals surface area contributed by atoms with Crippen LogP contribution in [0, 0.1) is 0 Å². The van der Waals surface area contributed by atoms with Gasteiger partial charge in [0.15, 0.2) is 0 Å². The monoisotopic (exact) mass is 219 g/mol. The number of hydrogen-bond donors (Lipinski definition) is 2. The number of H-pyrrole nitrogens is 1. The molecule has 2 heterocycles. The lowest BCUT2D eigenvalue weighted by Crippen LogP contribution is -2.26. The maximum Gasteiger partial charge on any atom is 0.254 e. The fraction of sp³-hybridized carbons (Fsp3) is 0.667. The van der Waals surface area contributed by atoms with Crippen molar-refractivity contribution in [2.75, 3.05) is 6.54 Å². The van der Waals surface area contributed by atoms with E-state index in [0.717, 1.165) is 49.3 Å². The standard InChI is InChI=1S/C12H17N3O/c16-12-8-4-1-2-5-9(8)14-11(15-12)10-6-3-7-13-10/h10,13H,1-7H2,(H,14,15,16). The second-order valence-corrected chi connectivity index (χ2v) is 4.73. The minimum absolute atomic E-state index is 0.0911. The van der Waals surface area contributed by atoms with Crippen LogP contribution in [0.5, 0.6) is 0 Å². The second-order valence-electron chi connectivity index (χ2n) is 4.73. The van der Waals surface area contributed by atoms with Crippen molar-refractivity contribution >= 4 is 0 Å². The quantitative estimate of drug-likeness (QED) is 0.743. The molecule has 1 saturated heterocycles. The van der Waals surface area contributed by atoms with Crippen LogP contribution in [0.3, 0.4) is 0 Å². The van der Waals surface area contributed by atoms with E-state index >= 15 is 0 Å². The Balaban J connectivity index is 2.01. The third-order valence-electron chi connectivity index (χ3n) is 3.60. The molecule has 4 heteroatoms. The zero-order valence-corrected chi connectivity index (χ0v) is 9.38. The van der Waals surface area contributed by atoms with Gasteiger partial charge in [0.2, 0.25) is 0 Å². The summed E-state index contributed by atoms with van der Waals surface area (Å²) in [5.74, 6) is 0.850. The zero-order chi connectivity index (χ0) is 11.0. The lowest BCUT2D eigenvalue weighted by atomic mass is 9.97. The molecule has 16 heavy (non-hydrogen) atoms. The van der Waals surface area contributed by atoms with Gasteiger partial charge in [0.1, 0.15) is 5.82 Å². The average Bonchev–Trinajstić information content (AvgIpc) is 2.82. The first kappa shape index (κ1) is 10.0. The van der Waals surface area contributed by atoms with Gasteiger partial charge in [-0.05, 0) is 45.1 Å². The summed E-state index contributed by atoms with van der Waals surface area (Å²) in [7, 11) is 0. The zero-order valence-electron chi connectivity index (χ0n) is 9.38. The van der Waals surface area contributed by atoms with Crippen molar-refractivity contribution in [1.29, 1.82) is 0 Å². The SMILES string of the molecule is O=c1[nH]c(C2CCCN2)nc2c1CCCC2. The summed E-state index contributed by atoms with van der Waals surface area (Å²) in [5, 5.41) is 3.37. The summed E-state index contributed by atoms with van der Waals surface area (Å²) in [6, 6.07) is 0.264. The van der Waals surface area contributed by atoms with E-state index in [-0.39, 0.29) is 11.6 Å². The van der Waals surface area contributed by atoms with Crippen molar-refractivity contribution in [2.45, 2.75) is 44.6 Å². The number of fused-ring (bicyclic) bond motifs is 1. The largest absolute Gasteiger partial charge is 0.309 e. The molecule has 1 aliphatic carbocycles. The Labute approximate surface area is 94.5 Å². The van der Waals surface area contributed by atoms with Crippen LogP contribution in [0.25, 0.3) is 0 Å². The molecule has 0 spiro atoms. The van der Waals surface area contributed by atoms with E-state index in [9.17, 15) is 4.79 Å². The number of nitrogens with zero attached hydrogens (tertiary/aromatic N) is 1. The maximum atomic E-state index is 11.9. The van der Waals surface area contributed by atoms with Gasteiger partial charge in [-0.1, -0.05) is 0 Å². The van der Waals surface area contributed by atoms with E-state index in [1.165, 1.54) is 12.8 Å². The first-order chi connectivity index (χ1) is 7.84. The molecule has 1 fully saturated rings. The number of rotatable bonds is 1. The summed E-state index contributed by atoms with van der Waals surface area (Å²) in [4.78, 5) is 19.5. The van der Waals surface area contributed by atoms with Gasteiger partial charge in [0.05, 0.1) is 11.7 Å². The Morgan fingerprint density at radius 1 is 1.19 bits per heavy atom. The molecule has 1 aliphatic heterocycles. The lowest BCUT2D eigenvalue weighted by Gasteiger charge is -2.16. The number of nitrogens with one attached hydrogen (secondary N) is 2. The summed E-state index contributed by atoms with van der Waals surface area (Å²) >= 11 is 0. The predicted octanol–water partition coefficient (Wildman–Crippen LogP) is 1.07. The summed E-state index contributed by atoms with van der Waals surface area (Å²) in [6.07, 6.45) is 6.42. The normalized spacial score (nSPS) is 24.4. The van der Waals surface area contributed by atoms with Crippen molar-refractivity contribution in [3.63, 3.8) is 0 Å². The molecule has 0 bridgehead atoms. The van der Waals surface area contributed by atoms with Gasteiger partial charge in [0.25, 0.3) is 5.56 Å². The Kier molecular flexibility index (Phi) is 2.52. The van der Waals surface area contributed by atoms with Gasteiger partial charge in [-0.2, -0.15) is 0 Å². The van der Waals surface area contributed by atoms with Gasteiger partial charge < -0.3 is 10.3 Å². The van der Waals surface area contributed by atoms with Crippen LogP contribution in [0.4, 0.5) is 0 Å². The van der Waals surface area contributed by atoms with Crippen LogP contribution in [0.1, 0.15) is 48.8 Å². The number of aryl methyl sites for hydroxylation is 1. The highest BCUT2D eigenvalue weighted by atomic mass is 16.1. The maximum absolute atomic E-state index is 11.9. The van der Waals surface area contributed by atoms with Gasteiger partial charge in [-0.15, -0.1) is 0 Å². The molecule has 0 radical (unpaired) electrons. The second kappa shape index (κ2) is 4.01. The summed E-state index contributed by atoms with van der Waals surface area (Å²) < 4.78 is 0. The first-order valence-electron chi connectivity index (χ1n) is 6.20. The molecule has 0 aromatic carbocycles. The third-order valence-corrected chi connectivity index (χ3v) is 3.60. The van der Waals surface area contributed by atoms with Crippen LogP contribution in [-0.2, 0) is 12.8 Å². The Hall–Kier alpha value is -1.16. The molecule has 4 nitrogen and oxygen atoms in total. The molecule has 86 valence electrons. The molecule has 2 N–H and O–H groups in total. The molecular weight excluding hydrogens is 202 g/mol. The van der Waals surface area contributed by atoms with Crippen molar-refractivity contribution in [1.82, 2.24) is 15.3 Å². The predicted molar refractivity (Wildman–Crippen MR) is 61.5 cm³/mol.